The van der Waals surface area contributed by atoms with Crippen molar-refractivity contribution in [3.05, 3.63) is 53.9 Å². The molecule has 8 nitrogen and oxygen atoms in total. The third-order valence-corrected chi connectivity index (χ3v) is 6.38. The highest BCUT2D eigenvalue weighted by Gasteiger charge is 2.30. The largest absolute Gasteiger partial charge is 0.368 e. The zero-order valence-corrected chi connectivity index (χ0v) is 18.5. The number of fused-ring (bicyclic) bond motifs is 1. The Kier molecular flexibility index (Phi) is 5.03. The summed E-state index contributed by atoms with van der Waals surface area (Å²) in [5.74, 6) is 0.867. The minimum Gasteiger partial charge on any atom is -0.368 e. The molecule has 0 spiro atoms. The molecule has 0 unspecified atom stereocenters. The number of anilines is 2. The van der Waals surface area contributed by atoms with Crippen LogP contribution in [0.2, 0.25) is 0 Å². The van der Waals surface area contributed by atoms with E-state index in [1.807, 2.05) is 23.9 Å². The number of piperidine rings is 1. The summed E-state index contributed by atoms with van der Waals surface area (Å²) in [5.41, 5.74) is 10.1. The van der Waals surface area contributed by atoms with Crippen molar-refractivity contribution in [1.29, 1.82) is 0 Å². The zero-order chi connectivity index (χ0) is 22.4. The molecular weight excluding hydrogens is 407 g/mol. The van der Waals surface area contributed by atoms with Gasteiger partial charge in [0.05, 0.1) is 17.6 Å². The summed E-state index contributed by atoms with van der Waals surface area (Å²) in [4.78, 5) is 11.8. The molecule has 9 heteroatoms. The van der Waals surface area contributed by atoms with Crippen molar-refractivity contribution >= 4 is 17.3 Å². The number of nitrogen functional groups attached to an aromatic ring is 1. The van der Waals surface area contributed by atoms with Crippen LogP contribution >= 0.6 is 0 Å². The molecular formula is C23H27FN8. The number of benzene rings is 1. The van der Waals surface area contributed by atoms with Gasteiger partial charge >= 0.3 is 0 Å². The first-order chi connectivity index (χ1) is 15.4. The number of hydrogen-bond donors (Lipinski definition) is 1. The molecule has 0 radical (unpaired) electrons. The molecule has 1 aromatic carbocycles. The molecule has 1 saturated heterocycles. The standard InChI is InChI=1S/C23H27FN8/c1-4-30-13-19(11-26-30)31-12-17(9-8-14(31)2)21-28-22-15(3)20(27-23(25)32(22)29-21)16-6-5-7-18(24)10-16/h5-7,10-11,13-14,17H,4,8-9,12H2,1-3H3,(H2,25,27)/t14-,17+/m0/s1. The number of hydrogen-bond acceptors (Lipinski definition) is 6. The van der Waals surface area contributed by atoms with Crippen molar-refractivity contribution in [2.45, 2.75) is 52.1 Å². The molecule has 3 aromatic heterocycles. The number of rotatable bonds is 4. The number of nitrogens with zero attached hydrogens (tertiary/aromatic N) is 7. The van der Waals surface area contributed by atoms with Crippen LogP contribution in [0.1, 0.15) is 44.0 Å². The average Bonchev–Trinajstić information content (AvgIpc) is 3.44. The van der Waals surface area contributed by atoms with E-state index in [4.69, 9.17) is 15.8 Å². The third-order valence-electron chi connectivity index (χ3n) is 6.38. The molecule has 166 valence electrons. The number of nitrogens with two attached hydrogens (primary N) is 1. The molecule has 2 atom stereocenters. The molecule has 4 heterocycles. The molecule has 4 aromatic rings. The first-order valence-corrected chi connectivity index (χ1v) is 11.0. The van der Waals surface area contributed by atoms with E-state index in [0.717, 1.165) is 43.0 Å². The topological polar surface area (TPSA) is 90.2 Å². The third kappa shape index (κ3) is 3.47. The molecule has 32 heavy (non-hydrogen) atoms. The van der Waals surface area contributed by atoms with Crippen LogP contribution in [-0.2, 0) is 6.54 Å². The van der Waals surface area contributed by atoms with E-state index in [1.165, 1.54) is 12.1 Å². The van der Waals surface area contributed by atoms with Gasteiger partial charge in [-0.1, -0.05) is 12.1 Å². The predicted molar refractivity (Wildman–Crippen MR) is 122 cm³/mol. The Hall–Kier alpha value is -3.49. The molecule has 0 aliphatic carbocycles. The highest BCUT2D eigenvalue weighted by Crippen LogP contribution is 2.33. The van der Waals surface area contributed by atoms with Crippen LogP contribution in [0.25, 0.3) is 16.9 Å². The quantitative estimate of drug-likeness (QED) is 0.525. The SMILES string of the molecule is CCn1cc(N2C[C@H](c3nc4c(C)c(-c5cccc(F)c5)nc(N)n4n3)CC[C@@H]2C)cn1. The van der Waals surface area contributed by atoms with Gasteiger partial charge in [-0.15, -0.1) is 5.10 Å². The van der Waals surface area contributed by atoms with E-state index < -0.39 is 0 Å². The second-order valence-electron chi connectivity index (χ2n) is 8.49. The Balaban J connectivity index is 1.50. The fraction of sp³-hybridized carbons (Fsp3) is 0.391. The fourth-order valence-corrected chi connectivity index (χ4v) is 4.52. The molecule has 0 amide bonds. The summed E-state index contributed by atoms with van der Waals surface area (Å²) in [6, 6.07) is 6.78. The van der Waals surface area contributed by atoms with Gasteiger partial charge in [0.15, 0.2) is 11.5 Å². The summed E-state index contributed by atoms with van der Waals surface area (Å²) < 4.78 is 17.3. The summed E-state index contributed by atoms with van der Waals surface area (Å²) >= 11 is 0. The summed E-state index contributed by atoms with van der Waals surface area (Å²) in [6.07, 6.45) is 6.06. The number of halogens is 1. The maximum atomic E-state index is 13.8. The molecule has 2 N–H and O–H groups in total. The van der Waals surface area contributed by atoms with Gasteiger partial charge < -0.3 is 10.6 Å². The lowest BCUT2D eigenvalue weighted by Crippen LogP contribution is -2.41. The maximum absolute atomic E-state index is 13.8. The average molecular weight is 435 g/mol. The molecule has 5 rings (SSSR count). The van der Waals surface area contributed by atoms with Gasteiger partial charge in [0.25, 0.3) is 0 Å². The lowest BCUT2D eigenvalue weighted by Gasteiger charge is -2.37. The van der Waals surface area contributed by atoms with Crippen LogP contribution in [0.15, 0.2) is 36.7 Å². The Bertz CT molecular complexity index is 1280. The van der Waals surface area contributed by atoms with Gasteiger partial charge in [-0.25, -0.2) is 14.4 Å². The minimum atomic E-state index is -0.313. The summed E-state index contributed by atoms with van der Waals surface area (Å²) in [7, 11) is 0. The zero-order valence-electron chi connectivity index (χ0n) is 18.5. The van der Waals surface area contributed by atoms with Crippen molar-refractivity contribution in [2.24, 2.45) is 0 Å². The highest BCUT2D eigenvalue weighted by atomic mass is 19.1. The van der Waals surface area contributed by atoms with Crippen molar-refractivity contribution in [1.82, 2.24) is 29.4 Å². The van der Waals surface area contributed by atoms with Crippen LogP contribution in [-0.4, -0.2) is 41.9 Å². The van der Waals surface area contributed by atoms with Gasteiger partial charge in [0.1, 0.15) is 5.82 Å². The Morgan fingerprint density at radius 3 is 2.81 bits per heavy atom. The Morgan fingerprint density at radius 2 is 2.06 bits per heavy atom. The molecule has 1 aliphatic rings. The highest BCUT2D eigenvalue weighted by molar-refractivity contribution is 5.71. The second-order valence-corrected chi connectivity index (χ2v) is 8.49. The first-order valence-electron chi connectivity index (χ1n) is 11.0. The van der Waals surface area contributed by atoms with Gasteiger partial charge in [0, 0.05) is 42.4 Å². The van der Waals surface area contributed by atoms with Crippen molar-refractivity contribution in [2.75, 3.05) is 17.2 Å². The van der Waals surface area contributed by atoms with Crippen molar-refractivity contribution < 1.29 is 4.39 Å². The van der Waals surface area contributed by atoms with Gasteiger partial charge in [0.2, 0.25) is 5.95 Å². The minimum absolute atomic E-state index is 0.174. The lowest BCUT2D eigenvalue weighted by atomic mass is 9.92. The van der Waals surface area contributed by atoms with Gasteiger partial charge in [-0.3, -0.25) is 4.68 Å². The van der Waals surface area contributed by atoms with E-state index >= 15 is 0 Å². The van der Waals surface area contributed by atoms with Crippen LogP contribution in [0.3, 0.4) is 0 Å². The smallest absolute Gasteiger partial charge is 0.223 e. The maximum Gasteiger partial charge on any atom is 0.223 e. The normalized spacial score (nSPS) is 19.1. The van der Waals surface area contributed by atoms with Crippen LogP contribution in [0, 0.1) is 12.7 Å². The first kappa shape index (κ1) is 20.4. The van der Waals surface area contributed by atoms with Crippen LogP contribution in [0.5, 0.6) is 0 Å². The molecule has 1 aliphatic heterocycles. The number of aryl methyl sites for hydroxylation is 2. The van der Waals surface area contributed by atoms with E-state index in [0.29, 0.717) is 22.9 Å². The van der Waals surface area contributed by atoms with E-state index in [9.17, 15) is 4.39 Å². The van der Waals surface area contributed by atoms with Crippen LogP contribution < -0.4 is 10.6 Å². The summed E-state index contributed by atoms with van der Waals surface area (Å²) in [6.45, 7) is 7.91. The number of aromatic nitrogens is 6. The fourth-order valence-electron chi connectivity index (χ4n) is 4.52. The Morgan fingerprint density at radius 1 is 1.22 bits per heavy atom. The molecule has 0 bridgehead atoms. The van der Waals surface area contributed by atoms with E-state index in [2.05, 4.69) is 35.0 Å². The van der Waals surface area contributed by atoms with Gasteiger partial charge in [-0.2, -0.15) is 9.61 Å². The van der Waals surface area contributed by atoms with E-state index in [1.54, 1.807) is 10.6 Å². The monoisotopic (exact) mass is 434 g/mol. The molecule has 0 saturated carbocycles. The predicted octanol–water partition coefficient (Wildman–Crippen LogP) is 3.81. The molecule has 1 fully saturated rings. The lowest BCUT2D eigenvalue weighted by molar-refractivity contribution is 0.426. The summed E-state index contributed by atoms with van der Waals surface area (Å²) in [5, 5.41) is 9.15. The second kappa shape index (κ2) is 7.89. The van der Waals surface area contributed by atoms with Crippen molar-refractivity contribution in [3.8, 4) is 11.3 Å². The van der Waals surface area contributed by atoms with Crippen LogP contribution in [0.4, 0.5) is 16.0 Å². The van der Waals surface area contributed by atoms with E-state index in [-0.39, 0.29) is 17.7 Å². The Labute approximate surface area is 185 Å². The van der Waals surface area contributed by atoms with Crippen molar-refractivity contribution in [3.63, 3.8) is 0 Å². The van der Waals surface area contributed by atoms with Gasteiger partial charge in [-0.05, 0) is 45.7 Å².